The maximum Gasteiger partial charge on any atom is 0.123 e. The standard InChI is InChI=1S/C15H20FNO/c1-10(12-6-7-18-9-12)17-15-5-2-11-8-13(16)3-4-14(11)15/h3-4,8,10,12,15,17H,2,5-7,9H2,1H3. The molecule has 98 valence electrons. The second-order valence-electron chi connectivity index (χ2n) is 5.51. The molecule has 3 heteroatoms. The zero-order valence-electron chi connectivity index (χ0n) is 10.8. The highest BCUT2D eigenvalue weighted by atomic mass is 19.1. The highest BCUT2D eigenvalue weighted by Gasteiger charge is 2.28. The van der Waals surface area contributed by atoms with Crippen LogP contribution in [0.4, 0.5) is 4.39 Å². The molecule has 1 aromatic rings. The van der Waals surface area contributed by atoms with Crippen LogP contribution in [0, 0.1) is 11.7 Å². The molecule has 3 atom stereocenters. The summed E-state index contributed by atoms with van der Waals surface area (Å²) in [6.45, 7) is 4.00. The fourth-order valence-electron chi connectivity index (χ4n) is 3.16. The van der Waals surface area contributed by atoms with Crippen LogP contribution in [0.3, 0.4) is 0 Å². The Labute approximate surface area is 108 Å². The van der Waals surface area contributed by atoms with Crippen molar-refractivity contribution in [3.63, 3.8) is 0 Å². The minimum absolute atomic E-state index is 0.119. The first-order valence-electron chi connectivity index (χ1n) is 6.86. The molecule has 1 fully saturated rings. The third-order valence-corrected chi connectivity index (χ3v) is 4.32. The molecular formula is C15H20FNO. The summed E-state index contributed by atoms with van der Waals surface area (Å²) >= 11 is 0. The molecular weight excluding hydrogens is 229 g/mol. The van der Waals surface area contributed by atoms with Crippen LogP contribution in [-0.2, 0) is 11.2 Å². The normalized spacial score (nSPS) is 28.3. The van der Waals surface area contributed by atoms with E-state index in [0.717, 1.165) is 32.5 Å². The summed E-state index contributed by atoms with van der Waals surface area (Å²) in [6.07, 6.45) is 3.21. The SMILES string of the molecule is CC(NC1CCc2cc(F)ccc21)C1CCOC1. The van der Waals surface area contributed by atoms with E-state index in [1.165, 1.54) is 11.1 Å². The van der Waals surface area contributed by atoms with Crippen molar-refractivity contribution in [2.75, 3.05) is 13.2 Å². The quantitative estimate of drug-likeness (QED) is 0.889. The Hall–Kier alpha value is -0.930. The summed E-state index contributed by atoms with van der Waals surface area (Å²) < 4.78 is 18.6. The first-order valence-corrected chi connectivity index (χ1v) is 6.86. The number of benzene rings is 1. The summed E-state index contributed by atoms with van der Waals surface area (Å²) in [6, 6.07) is 6.04. The Bertz CT molecular complexity index is 429. The molecule has 1 aliphatic carbocycles. The Kier molecular flexibility index (Phi) is 3.35. The average molecular weight is 249 g/mol. The van der Waals surface area contributed by atoms with Gasteiger partial charge in [-0.25, -0.2) is 4.39 Å². The van der Waals surface area contributed by atoms with Gasteiger partial charge in [0.15, 0.2) is 0 Å². The lowest BCUT2D eigenvalue weighted by Gasteiger charge is -2.24. The van der Waals surface area contributed by atoms with E-state index in [2.05, 4.69) is 12.2 Å². The molecule has 0 spiro atoms. The maximum absolute atomic E-state index is 13.2. The van der Waals surface area contributed by atoms with Crippen LogP contribution >= 0.6 is 0 Å². The highest BCUT2D eigenvalue weighted by Crippen LogP contribution is 2.32. The maximum atomic E-state index is 13.2. The van der Waals surface area contributed by atoms with Crippen LogP contribution in [-0.4, -0.2) is 19.3 Å². The second kappa shape index (κ2) is 4.98. The van der Waals surface area contributed by atoms with E-state index >= 15 is 0 Å². The van der Waals surface area contributed by atoms with Crippen molar-refractivity contribution in [2.45, 2.75) is 38.3 Å². The lowest BCUT2D eigenvalue weighted by Crippen LogP contribution is -2.36. The molecule has 1 saturated heterocycles. The van der Waals surface area contributed by atoms with E-state index < -0.39 is 0 Å². The first kappa shape index (κ1) is 12.1. The Balaban J connectivity index is 1.68. The fourth-order valence-corrected chi connectivity index (χ4v) is 3.16. The number of nitrogens with one attached hydrogen (secondary N) is 1. The minimum atomic E-state index is -0.119. The molecule has 0 radical (unpaired) electrons. The lowest BCUT2D eigenvalue weighted by molar-refractivity contribution is 0.176. The number of hydrogen-bond acceptors (Lipinski definition) is 2. The molecule has 1 aliphatic heterocycles. The van der Waals surface area contributed by atoms with Crippen LogP contribution < -0.4 is 5.32 Å². The van der Waals surface area contributed by atoms with Crippen LogP contribution in [0.15, 0.2) is 18.2 Å². The van der Waals surface area contributed by atoms with Gasteiger partial charge in [-0.05, 0) is 55.4 Å². The number of ether oxygens (including phenoxy) is 1. The molecule has 0 saturated carbocycles. The highest BCUT2D eigenvalue weighted by molar-refractivity contribution is 5.35. The number of rotatable bonds is 3. The summed E-state index contributed by atoms with van der Waals surface area (Å²) in [7, 11) is 0. The predicted octanol–water partition coefficient (Wildman–Crippen LogP) is 2.83. The third-order valence-electron chi connectivity index (χ3n) is 4.32. The van der Waals surface area contributed by atoms with Crippen molar-refractivity contribution in [3.8, 4) is 0 Å². The smallest absolute Gasteiger partial charge is 0.123 e. The van der Waals surface area contributed by atoms with Gasteiger partial charge in [-0.15, -0.1) is 0 Å². The van der Waals surface area contributed by atoms with Gasteiger partial charge in [0.1, 0.15) is 5.82 Å². The fraction of sp³-hybridized carbons (Fsp3) is 0.600. The summed E-state index contributed by atoms with van der Waals surface area (Å²) in [5.41, 5.74) is 2.45. The van der Waals surface area contributed by atoms with Crippen molar-refractivity contribution in [3.05, 3.63) is 35.1 Å². The first-order chi connectivity index (χ1) is 8.74. The van der Waals surface area contributed by atoms with Crippen LogP contribution in [0.2, 0.25) is 0 Å². The Morgan fingerprint density at radius 1 is 1.39 bits per heavy atom. The van der Waals surface area contributed by atoms with E-state index in [4.69, 9.17) is 4.74 Å². The van der Waals surface area contributed by atoms with Crippen molar-refractivity contribution in [1.29, 1.82) is 0 Å². The van der Waals surface area contributed by atoms with E-state index in [1.807, 2.05) is 6.07 Å². The van der Waals surface area contributed by atoms with Gasteiger partial charge in [0.25, 0.3) is 0 Å². The van der Waals surface area contributed by atoms with Crippen molar-refractivity contribution >= 4 is 0 Å². The van der Waals surface area contributed by atoms with E-state index in [1.54, 1.807) is 12.1 Å². The van der Waals surface area contributed by atoms with Gasteiger partial charge in [0.2, 0.25) is 0 Å². The van der Waals surface area contributed by atoms with Crippen LogP contribution in [0.5, 0.6) is 0 Å². The average Bonchev–Trinajstić information content (AvgIpc) is 2.98. The zero-order valence-corrected chi connectivity index (χ0v) is 10.8. The van der Waals surface area contributed by atoms with Crippen LogP contribution in [0.1, 0.15) is 36.9 Å². The Morgan fingerprint density at radius 2 is 2.28 bits per heavy atom. The molecule has 3 rings (SSSR count). The number of hydrogen-bond donors (Lipinski definition) is 1. The molecule has 1 aromatic carbocycles. The molecule has 0 aromatic heterocycles. The van der Waals surface area contributed by atoms with E-state index in [-0.39, 0.29) is 5.82 Å². The molecule has 0 bridgehead atoms. The zero-order chi connectivity index (χ0) is 12.5. The topological polar surface area (TPSA) is 21.3 Å². The van der Waals surface area contributed by atoms with Gasteiger partial charge in [0.05, 0.1) is 6.61 Å². The third kappa shape index (κ3) is 2.29. The summed E-state index contributed by atoms with van der Waals surface area (Å²) in [5, 5.41) is 3.69. The molecule has 18 heavy (non-hydrogen) atoms. The largest absolute Gasteiger partial charge is 0.381 e. The van der Waals surface area contributed by atoms with Gasteiger partial charge in [0, 0.05) is 18.7 Å². The van der Waals surface area contributed by atoms with Gasteiger partial charge < -0.3 is 10.1 Å². The van der Waals surface area contributed by atoms with Crippen molar-refractivity contribution in [2.24, 2.45) is 5.92 Å². The minimum Gasteiger partial charge on any atom is -0.381 e. The monoisotopic (exact) mass is 249 g/mol. The molecule has 2 nitrogen and oxygen atoms in total. The van der Waals surface area contributed by atoms with Gasteiger partial charge in [-0.1, -0.05) is 6.07 Å². The van der Waals surface area contributed by atoms with Crippen LogP contribution in [0.25, 0.3) is 0 Å². The predicted molar refractivity (Wildman–Crippen MR) is 69.0 cm³/mol. The summed E-state index contributed by atoms with van der Waals surface area (Å²) in [5.74, 6) is 0.501. The number of aryl methyl sites for hydroxylation is 1. The molecule has 0 amide bonds. The van der Waals surface area contributed by atoms with Crippen molar-refractivity contribution in [1.82, 2.24) is 5.32 Å². The van der Waals surface area contributed by atoms with Gasteiger partial charge in [-0.2, -0.15) is 0 Å². The van der Waals surface area contributed by atoms with E-state index in [0.29, 0.717) is 18.0 Å². The molecule has 2 aliphatic rings. The van der Waals surface area contributed by atoms with Gasteiger partial charge >= 0.3 is 0 Å². The molecule has 3 unspecified atom stereocenters. The molecule has 1 heterocycles. The Morgan fingerprint density at radius 3 is 3.06 bits per heavy atom. The number of fused-ring (bicyclic) bond motifs is 1. The second-order valence-corrected chi connectivity index (χ2v) is 5.51. The van der Waals surface area contributed by atoms with Crippen molar-refractivity contribution < 1.29 is 9.13 Å². The van der Waals surface area contributed by atoms with E-state index in [9.17, 15) is 4.39 Å². The lowest BCUT2D eigenvalue weighted by atomic mass is 9.98. The van der Waals surface area contributed by atoms with Gasteiger partial charge in [-0.3, -0.25) is 0 Å². The number of halogens is 1. The molecule has 1 N–H and O–H groups in total. The summed E-state index contributed by atoms with van der Waals surface area (Å²) in [4.78, 5) is 0.